The van der Waals surface area contributed by atoms with Crippen molar-refractivity contribution in [1.82, 2.24) is 19.1 Å². The lowest BCUT2D eigenvalue weighted by atomic mass is 9.83. The first-order chi connectivity index (χ1) is 18.5. The van der Waals surface area contributed by atoms with Crippen LogP contribution in [0.1, 0.15) is 52.0 Å². The molecular formula is C30H36N6O2. The second kappa shape index (κ2) is 11.3. The number of aromatic amines is 1. The van der Waals surface area contributed by atoms with Gasteiger partial charge in [-0.2, -0.15) is 0 Å². The van der Waals surface area contributed by atoms with Crippen LogP contribution in [0.25, 0.3) is 22.6 Å². The molecule has 0 spiro atoms. The second-order valence-corrected chi connectivity index (χ2v) is 10.1. The molecule has 1 aliphatic carbocycles. The lowest BCUT2D eigenvalue weighted by Gasteiger charge is -2.22. The summed E-state index contributed by atoms with van der Waals surface area (Å²) in [5, 5.41) is 0. The van der Waals surface area contributed by atoms with E-state index < -0.39 is 0 Å². The lowest BCUT2D eigenvalue weighted by Crippen LogP contribution is -2.40. The number of nitrogens with zero attached hydrogens (tertiary/aromatic N) is 5. The van der Waals surface area contributed by atoms with Gasteiger partial charge in [0.1, 0.15) is 17.2 Å². The van der Waals surface area contributed by atoms with Crippen LogP contribution < -0.4 is 11.2 Å². The van der Waals surface area contributed by atoms with Crippen molar-refractivity contribution in [3.8, 4) is 11.4 Å². The Hall–Kier alpha value is -3.81. The number of aryl methyl sites for hydroxylation is 2. The minimum Gasteiger partial charge on any atom is -0.332 e. The van der Waals surface area contributed by atoms with Crippen LogP contribution in [0.2, 0.25) is 0 Å². The number of rotatable bonds is 10. The molecule has 1 N–H and O–H groups in total. The van der Waals surface area contributed by atoms with Crippen molar-refractivity contribution in [2.75, 3.05) is 6.54 Å². The third-order valence-electron chi connectivity index (χ3n) is 7.42. The number of benzene rings is 1. The Labute approximate surface area is 222 Å². The maximum Gasteiger partial charge on any atom is 0.332 e. The Morgan fingerprint density at radius 2 is 1.68 bits per heavy atom. The van der Waals surface area contributed by atoms with Gasteiger partial charge in [0.2, 0.25) is 0 Å². The molecule has 1 aliphatic heterocycles. The highest BCUT2D eigenvalue weighted by Gasteiger charge is 2.25. The molecule has 0 saturated carbocycles. The zero-order valence-electron chi connectivity index (χ0n) is 22.5. The number of nitrogens with one attached hydrogen (secondary N) is 1. The lowest BCUT2D eigenvalue weighted by molar-refractivity contribution is 0.555. The number of hydrogen-bond acceptors (Lipinski definition) is 5. The summed E-state index contributed by atoms with van der Waals surface area (Å²) in [6, 6.07) is 8.18. The van der Waals surface area contributed by atoms with Gasteiger partial charge in [0.15, 0.2) is 5.65 Å². The highest BCUT2D eigenvalue weighted by Crippen LogP contribution is 2.26. The number of imidazole rings is 1. The summed E-state index contributed by atoms with van der Waals surface area (Å²) in [4.78, 5) is 43.4. The largest absolute Gasteiger partial charge is 0.332 e. The van der Waals surface area contributed by atoms with Gasteiger partial charge in [-0.05, 0) is 37.2 Å². The molecule has 3 heterocycles. The van der Waals surface area contributed by atoms with Crippen LogP contribution in [0, 0.1) is 11.8 Å². The van der Waals surface area contributed by atoms with Gasteiger partial charge >= 0.3 is 5.69 Å². The quantitative estimate of drug-likeness (QED) is 0.417. The molecule has 0 bridgehead atoms. The van der Waals surface area contributed by atoms with Gasteiger partial charge in [0.05, 0.1) is 6.54 Å². The molecule has 8 heteroatoms. The fourth-order valence-electron chi connectivity index (χ4n) is 5.36. The number of aromatic nitrogens is 4. The van der Waals surface area contributed by atoms with Crippen molar-refractivity contribution < 1.29 is 0 Å². The summed E-state index contributed by atoms with van der Waals surface area (Å²) >= 11 is 0. The molecular weight excluding hydrogens is 476 g/mol. The van der Waals surface area contributed by atoms with Crippen LogP contribution in [0.5, 0.6) is 0 Å². The number of fused-ring (bicyclic) bond motifs is 1. The molecule has 0 radical (unpaired) electrons. The van der Waals surface area contributed by atoms with Gasteiger partial charge in [0.25, 0.3) is 5.56 Å². The predicted octanol–water partition coefficient (Wildman–Crippen LogP) is 4.93. The molecule has 0 amide bonds. The molecule has 8 nitrogen and oxygen atoms in total. The van der Waals surface area contributed by atoms with E-state index in [1.54, 1.807) is 4.57 Å². The molecule has 1 aromatic carbocycles. The first kappa shape index (κ1) is 25.8. The maximum absolute atomic E-state index is 13.0. The van der Waals surface area contributed by atoms with E-state index >= 15 is 0 Å². The van der Waals surface area contributed by atoms with E-state index in [1.807, 2.05) is 26.0 Å². The van der Waals surface area contributed by atoms with E-state index in [1.165, 1.54) is 15.8 Å². The van der Waals surface area contributed by atoms with E-state index in [4.69, 9.17) is 9.98 Å². The van der Waals surface area contributed by atoms with Crippen molar-refractivity contribution >= 4 is 22.7 Å². The first-order valence-corrected chi connectivity index (χ1v) is 13.8. The normalized spacial score (nSPS) is 18.8. The van der Waals surface area contributed by atoms with Gasteiger partial charge in [-0.1, -0.05) is 69.3 Å². The van der Waals surface area contributed by atoms with Crippen LogP contribution >= 0.6 is 0 Å². The minimum atomic E-state index is -0.308. The molecule has 38 heavy (non-hydrogen) atoms. The van der Waals surface area contributed by atoms with Gasteiger partial charge in [-0.25, -0.2) is 14.8 Å². The molecule has 2 atom stereocenters. The number of aliphatic imine (C=N–C) groups is 2. The third kappa shape index (κ3) is 4.99. The summed E-state index contributed by atoms with van der Waals surface area (Å²) < 4.78 is 2.92. The van der Waals surface area contributed by atoms with Crippen molar-refractivity contribution in [3.05, 3.63) is 75.0 Å². The average molecular weight is 513 g/mol. The van der Waals surface area contributed by atoms with Crippen LogP contribution in [0.4, 0.5) is 0 Å². The van der Waals surface area contributed by atoms with E-state index in [0.717, 1.165) is 37.1 Å². The summed E-state index contributed by atoms with van der Waals surface area (Å²) in [5.74, 6) is 2.38. The number of hydrogen-bond donors (Lipinski definition) is 1. The van der Waals surface area contributed by atoms with E-state index in [9.17, 15) is 9.59 Å². The van der Waals surface area contributed by atoms with Crippen molar-refractivity contribution in [2.45, 2.75) is 66.0 Å². The topological polar surface area (TPSA) is 97.4 Å². The van der Waals surface area contributed by atoms with Crippen molar-refractivity contribution in [3.63, 3.8) is 0 Å². The highest BCUT2D eigenvalue weighted by molar-refractivity contribution is 6.06. The summed E-state index contributed by atoms with van der Waals surface area (Å²) in [5.41, 5.74) is 3.45. The summed E-state index contributed by atoms with van der Waals surface area (Å²) in [6.07, 6.45) is 13.0. The van der Waals surface area contributed by atoms with Gasteiger partial charge in [0, 0.05) is 36.7 Å². The fraction of sp³-hybridized carbons (Fsp3) is 0.433. The second-order valence-electron chi connectivity index (χ2n) is 10.1. The molecule has 2 unspecified atom stereocenters. The Balaban J connectivity index is 1.31. The van der Waals surface area contributed by atoms with Crippen LogP contribution in [-0.4, -0.2) is 37.2 Å². The van der Waals surface area contributed by atoms with Crippen LogP contribution in [0.15, 0.2) is 68.1 Å². The Kier molecular flexibility index (Phi) is 7.67. The zero-order valence-corrected chi connectivity index (χ0v) is 22.5. The molecule has 198 valence electrons. The molecule has 0 fully saturated rings. The van der Waals surface area contributed by atoms with Crippen LogP contribution in [0.3, 0.4) is 0 Å². The number of H-pyrrole nitrogens is 1. The Morgan fingerprint density at radius 1 is 0.947 bits per heavy atom. The van der Waals surface area contributed by atoms with E-state index in [2.05, 4.69) is 53.3 Å². The van der Waals surface area contributed by atoms with Gasteiger partial charge < -0.3 is 4.98 Å². The minimum absolute atomic E-state index is 0.290. The molecule has 5 rings (SSSR count). The van der Waals surface area contributed by atoms with Crippen LogP contribution in [-0.2, 0) is 19.5 Å². The summed E-state index contributed by atoms with van der Waals surface area (Å²) in [7, 11) is 0. The Bertz CT molecular complexity index is 1550. The van der Waals surface area contributed by atoms with Gasteiger partial charge in [-0.15, -0.1) is 0 Å². The van der Waals surface area contributed by atoms with E-state index in [-0.39, 0.29) is 11.2 Å². The van der Waals surface area contributed by atoms with E-state index in [0.29, 0.717) is 54.9 Å². The SMILES string of the molecule is CCCn1c(=O)c2[nH]c(-c3ccc(CCC4=NCC(C5C=CC=CC5CC)=N4)cc3)nc2n(CCC)c1=O. The highest BCUT2D eigenvalue weighted by atomic mass is 16.2. The smallest absolute Gasteiger partial charge is 0.332 e. The summed E-state index contributed by atoms with van der Waals surface area (Å²) in [6.45, 7) is 7.80. The predicted molar refractivity (Wildman–Crippen MR) is 154 cm³/mol. The molecule has 3 aromatic rings. The maximum atomic E-state index is 13.0. The van der Waals surface area contributed by atoms with Crippen molar-refractivity contribution in [2.24, 2.45) is 21.8 Å². The number of amidine groups is 1. The fourth-order valence-corrected chi connectivity index (χ4v) is 5.36. The number of allylic oxidation sites excluding steroid dienone is 4. The molecule has 0 saturated heterocycles. The van der Waals surface area contributed by atoms with Gasteiger partial charge in [-0.3, -0.25) is 18.9 Å². The Morgan fingerprint density at radius 3 is 2.42 bits per heavy atom. The monoisotopic (exact) mass is 512 g/mol. The average Bonchev–Trinajstić information content (AvgIpc) is 3.61. The molecule has 2 aliphatic rings. The zero-order chi connectivity index (χ0) is 26.6. The van der Waals surface area contributed by atoms with Crippen molar-refractivity contribution in [1.29, 1.82) is 0 Å². The molecule has 2 aromatic heterocycles. The first-order valence-electron chi connectivity index (χ1n) is 13.8. The standard InChI is InChI=1S/C30H36N6O2/c1-4-17-35-28-26(29(37)36(18-5-2)30(35)38)33-27(34-28)22-14-11-20(12-15-22)13-16-25-31-19-24(32-25)23-10-8-7-9-21(23)6-3/h7-12,14-15,21,23H,4-6,13,16-19H2,1-3H3,(H,33,34). The third-order valence-corrected chi connectivity index (χ3v) is 7.42.